The van der Waals surface area contributed by atoms with Gasteiger partial charge >= 0.3 is 6.09 Å². The fourth-order valence-corrected chi connectivity index (χ4v) is 9.10. The lowest BCUT2D eigenvalue weighted by Gasteiger charge is -2.58. The molecule has 3 fully saturated rings. The van der Waals surface area contributed by atoms with Crippen LogP contribution < -0.4 is 5.32 Å². The summed E-state index contributed by atoms with van der Waals surface area (Å²) in [5.74, 6) is 5.12. The van der Waals surface area contributed by atoms with Crippen molar-refractivity contribution in [1.82, 2.24) is 5.32 Å². The Balaban J connectivity index is 1.41. The molecule has 8 atom stereocenters. The van der Waals surface area contributed by atoms with Crippen LogP contribution >= 0.6 is 0 Å². The lowest BCUT2D eigenvalue weighted by molar-refractivity contribution is -0.0581. The summed E-state index contributed by atoms with van der Waals surface area (Å²) in [5, 5.41) is 11.6. The number of fused-ring (bicyclic) bond motifs is 5. The van der Waals surface area contributed by atoms with Gasteiger partial charge in [0.15, 0.2) is 0 Å². The molecular weight excluding hydrogens is 422 g/mol. The molecule has 3 saturated carbocycles. The summed E-state index contributed by atoms with van der Waals surface area (Å²) in [5.41, 5.74) is 2.37. The van der Waals surface area contributed by atoms with E-state index in [4.69, 9.17) is 9.84 Å². The van der Waals surface area contributed by atoms with Gasteiger partial charge in [0.2, 0.25) is 0 Å². The number of amides is 1. The van der Waals surface area contributed by atoms with Crippen LogP contribution in [-0.2, 0) is 4.74 Å². The minimum absolute atomic E-state index is 0.0222. The number of aliphatic hydroxyl groups is 1. The summed E-state index contributed by atoms with van der Waals surface area (Å²) in [6.07, 6.45) is 16.2. The first-order valence-electron chi connectivity index (χ1n) is 14.4. The number of aliphatic hydroxyl groups excluding tert-OH is 1. The molecule has 0 aromatic rings. The van der Waals surface area contributed by atoms with Gasteiger partial charge in [-0.15, -0.1) is 0 Å². The summed E-state index contributed by atoms with van der Waals surface area (Å²) in [4.78, 5) is 12.0. The van der Waals surface area contributed by atoms with Crippen molar-refractivity contribution in [2.75, 3.05) is 13.2 Å². The van der Waals surface area contributed by atoms with Crippen LogP contribution in [0.1, 0.15) is 105 Å². The molecule has 4 aliphatic carbocycles. The second-order valence-corrected chi connectivity index (χ2v) is 13.2. The van der Waals surface area contributed by atoms with Crippen molar-refractivity contribution in [1.29, 1.82) is 0 Å². The third-order valence-corrected chi connectivity index (χ3v) is 10.9. The number of hydrogen-bond donors (Lipinski definition) is 2. The van der Waals surface area contributed by atoms with Gasteiger partial charge in [-0.1, -0.05) is 65.5 Å². The zero-order chi connectivity index (χ0) is 24.5. The van der Waals surface area contributed by atoms with Crippen molar-refractivity contribution < 1.29 is 14.6 Å². The maximum Gasteiger partial charge on any atom is 0.407 e. The molecule has 0 aromatic carbocycles. The Hall–Kier alpha value is -1.03. The molecule has 0 aliphatic heterocycles. The second-order valence-electron chi connectivity index (χ2n) is 13.2. The first-order valence-corrected chi connectivity index (χ1v) is 14.4. The van der Waals surface area contributed by atoms with Gasteiger partial charge in [0.05, 0.1) is 6.61 Å². The van der Waals surface area contributed by atoms with Crippen LogP contribution in [0, 0.1) is 46.3 Å². The first-order chi connectivity index (χ1) is 16.2. The fraction of sp³-hybridized carbons (Fsp3) is 0.900. The molecule has 0 bridgehead atoms. The number of ether oxygens (including phenoxy) is 1. The molecule has 4 aliphatic rings. The molecule has 34 heavy (non-hydrogen) atoms. The fourth-order valence-electron chi connectivity index (χ4n) is 9.10. The molecule has 1 amide bonds. The molecule has 4 nitrogen and oxygen atoms in total. The Morgan fingerprint density at radius 1 is 1.12 bits per heavy atom. The molecule has 0 saturated heterocycles. The highest BCUT2D eigenvalue weighted by Crippen LogP contribution is 2.67. The van der Waals surface area contributed by atoms with Crippen LogP contribution in [0.15, 0.2) is 11.6 Å². The normalized spacial score (nSPS) is 40.1. The Bertz CT molecular complexity index is 747. The van der Waals surface area contributed by atoms with E-state index in [0.29, 0.717) is 5.41 Å². The number of carbonyl (C=O) groups is 1. The third kappa shape index (κ3) is 4.95. The molecule has 0 heterocycles. The van der Waals surface area contributed by atoms with E-state index in [1.165, 1.54) is 51.4 Å². The maximum absolute atomic E-state index is 12.0. The minimum atomic E-state index is -0.384. The highest BCUT2D eigenvalue weighted by atomic mass is 16.6. The molecule has 0 spiro atoms. The summed E-state index contributed by atoms with van der Waals surface area (Å²) in [6, 6.07) is 0. The monoisotopic (exact) mass is 473 g/mol. The summed E-state index contributed by atoms with van der Waals surface area (Å²) in [7, 11) is 0. The van der Waals surface area contributed by atoms with E-state index in [2.05, 4.69) is 46.0 Å². The van der Waals surface area contributed by atoms with Crippen molar-refractivity contribution in [3.05, 3.63) is 11.6 Å². The van der Waals surface area contributed by atoms with Crippen LogP contribution in [0.25, 0.3) is 0 Å². The van der Waals surface area contributed by atoms with Crippen molar-refractivity contribution in [3.63, 3.8) is 0 Å². The van der Waals surface area contributed by atoms with Gasteiger partial charge in [-0.25, -0.2) is 4.79 Å². The third-order valence-electron chi connectivity index (χ3n) is 10.9. The van der Waals surface area contributed by atoms with E-state index >= 15 is 0 Å². The molecule has 0 unspecified atom stereocenters. The number of carbonyl (C=O) groups excluding carboxylic acids is 1. The average molecular weight is 474 g/mol. The predicted octanol–water partition coefficient (Wildman–Crippen LogP) is 7.11. The number of nitrogens with one attached hydrogen (secondary N) is 1. The smallest absolute Gasteiger partial charge is 0.407 e. The maximum atomic E-state index is 12.0. The SMILES string of the molecule is CC(C)CCC[C@@H](C)[C@H]1CC[C@H]2[C@@H]3CC=C4C[C@@H](OC(=O)NCCO)CC[C@]4(C)[C@H]3CC[C@]12C. The Morgan fingerprint density at radius 2 is 1.91 bits per heavy atom. The first kappa shape index (κ1) is 26.0. The highest BCUT2D eigenvalue weighted by Gasteiger charge is 2.59. The molecule has 0 radical (unpaired) electrons. The summed E-state index contributed by atoms with van der Waals surface area (Å²) >= 11 is 0. The van der Waals surface area contributed by atoms with Crippen LogP contribution in [0.5, 0.6) is 0 Å². The van der Waals surface area contributed by atoms with E-state index in [9.17, 15) is 4.79 Å². The number of alkyl carbamates (subject to hydrolysis) is 1. The van der Waals surface area contributed by atoms with Gasteiger partial charge in [0.1, 0.15) is 6.10 Å². The lowest BCUT2D eigenvalue weighted by Crippen LogP contribution is -2.51. The van der Waals surface area contributed by atoms with Gasteiger partial charge < -0.3 is 15.2 Å². The number of rotatable bonds is 8. The Kier molecular flexibility index (Phi) is 8.06. The van der Waals surface area contributed by atoms with Gasteiger partial charge in [-0.2, -0.15) is 0 Å². The standard InChI is InChI=1S/C30H51NO3/c1-20(2)7-6-8-21(3)25-11-12-26-24-10-9-22-19-23(34-28(33)31-17-18-32)13-15-29(22,4)27(24)14-16-30(25,26)5/h9,20-21,23-27,32H,6-8,10-19H2,1-5H3,(H,31,33)/t21-,23+,24+,25-,26+,27+,29+,30-/m1/s1. The Labute approximate surface area is 208 Å². The molecular formula is C30H51NO3. The topological polar surface area (TPSA) is 58.6 Å². The van der Waals surface area contributed by atoms with Crippen molar-refractivity contribution in [2.45, 2.75) is 111 Å². The van der Waals surface area contributed by atoms with Crippen molar-refractivity contribution >= 4 is 6.09 Å². The van der Waals surface area contributed by atoms with Crippen molar-refractivity contribution in [3.8, 4) is 0 Å². The number of allylic oxidation sites excluding steroid dienone is 1. The minimum Gasteiger partial charge on any atom is -0.446 e. The van der Waals surface area contributed by atoms with Gasteiger partial charge in [0, 0.05) is 13.0 Å². The van der Waals surface area contributed by atoms with E-state index in [1.807, 2.05) is 0 Å². The Morgan fingerprint density at radius 3 is 2.65 bits per heavy atom. The predicted molar refractivity (Wildman–Crippen MR) is 138 cm³/mol. The van der Waals surface area contributed by atoms with Gasteiger partial charge in [0.25, 0.3) is 0 Å². The van der Waals surface area contributed by atoms with E-state index in [1.54, 1.807) is 5.57 Å². The van der Waals surface area contributed by atoms with E-state index in [0.717, 1.165) is 54.8 Å². The number of hydrogen-bond acceptors (Lipinski definition) is 3. The van der Waals surface area contributed by atoms with Crippen LogP contribution in [0.3, 0.4) is 0 Å². The van der Waals surface area contributed by atoms with Gasteiger partial charge in [-0.3, -0.25) is 0 Å². The van der Waals surface area contributed by atoms with Crippen molar-refractivity contribution in [2.24, 2.45) is 46.3 Å². The quantitative estimate of drug-likeness (QED) is 0.369. The lowest BCUT2D eigenvalue weighted by atomic mass is 9.47. The molecule has 0 aromatic heterocycles. The summed E-state index contributed by atoms with van der Waals surface area (Å²) < 4.78 is 5.69. The largest absolute Gasteiger partial charge is 0.446 e. The highest BCUT2D eigenvalue weighted by molar-refractivity contribution is 5.67. The molecule has 4 rings (SSSR count). The van der Waals surface area contributed by atoms with Gasteiger partial charge in [-0.05, 0) is 91.3 Å². The zero-order valence-electron chi connectivity index (χ0n) is 22.6. The van der Waals surface area contributed by atoms with Crippen LogP contribution in [0.4, 0.5) is 4.79 Å². The van der Waals surface area contributed by atoms with E-state index < -0.39 is 0 Å². The van der Waals surface area contributed by atoms with E-state index in [-0.39, 0.29) is 30.8 Å². The van der Waals surface area contributed by atoms with Crippen LogP contribution in [-0.4, -0.2) is 30.5 Å². The molecule has 2 N–H and O–H groups in total. The van der Waals surface area contributed by atoms with Crippen LogP contribution in [0.2, 0.25) is 0 Å². The molecule has 194 valence electrons. The average Bonchev–Trinajstić information content (AvgIpc) is 3.15. The summed E-state index contributed by atoms with van der Waals surface area (Å²) in [6.45, 7) is 12.7. The molecule has 4 heteroatoms. The zero-order valence-corrected chi connectivity index (χ0v) is 22.6. The second kappa shape index (κ2) is 10.5.